The highest BCUT2D eigenvalue weighted by Gasteiger charge is 2.29. The van der Waals surface area contributed by atoms with E-state index in [1.54, 1.807) is 4.90 Å². The summed E-state index contributed by atoms with van der Waals surface area (Å²) in [6.45, 7) is 1.73. The van der Waals surface area contributed by atoms with Crippen LogP contribution in [0, 0.1) is 5.92 Å². The molecule has 0 bridgehead atoms. The first-order valence-electron chi connectivity index (χ1n) is 7.11. The fourth-order valence-electron chi connectivity index (χ4n) is 2.81. The highest BCUT2D eigenvalue weighted by Crippen LogP contribution is 2.19. The lowest BCUT2D eigenvalue weighted by molar-refractivity contribution is -0.138. The van der Waals surface area contributed by atoms with Crippen molar-refractivity contribution in [3.05, 3.63) is 0 Å². The number of aliphatic carboxylic acids is 1. The third-order valence-corrected chi connectivity index (χ3v) is 3.85. The van der Waals surface area contributed by atoms with Gasteiger partial charge in [0.15, 0.2) is 0 Å². The van der Waals surface area contributed by atoms with Gasteiger partial charge in [0, 0.05) is 26.1 Å². The number of hydrogen-bond donors (Lipinski definition) is 3. The molecule has 0 aliphatic carbocycles. The molecule has 0 saturated carbocycles. The molecule has 2 saturated heterocycles. The summed E-state index contributed by atoms with van der Waals surface area (Å²) in [5.41, 5.74) is 0. The summed E-state index contributed by atoms with van der Waals surface area (Å²) >= 11 is 0. The molecule has 0 radical (unpaired) electrons. The van der Waals surface area contributed by atoms with E-state index in [1.165, 1.54) is 0 Å². The van der Waals surface area contributed by atoms with E-state index >= 15 is 0 Å². The minimum atomic E-state index is -0.830. The molecular weight excluding hydrogens is 262 g/mol. The first-order valence-corrected chi connectivity index (χ1v) is 7.11. The van der Waals surface area contributed by atoms with Crippen molar-refractivity contribution in [2.45, 2.75) is 38.1 Å². The van der Waals surface area contributed by atoms with Crippen molar-refractivity contribution in [3.63, 3.8) is 0 Å². The van der Waals surface area contributed by atoms with Crippen LogP contribution in [0.3, 0.4) is 0 Å². The molecule has 2 aliphatic rings. The Labute approximate surface area is 117 Å². The molecule has 0 spiro atoms. The van der Waals surface area contributed by atoms with Crippen molar-refractivity contribution in [2.24, 2.45) is 5.92 Å². The molecule has 2 heterocycles. The Bertz CT molecular complexity index is 399. The number of carboxylic acid groups (broad SMARTS) is 1. The number of carbonyl (C=O) groups excluding carboxylic acids is 2. The molecular formula is C13H21N3O4. The van der Waals surface area contributed by atoms with Crippen molar-refractivity contribution >= 4 is 17.9 Å². The van der Waals surface area contributed by atoms with Gasteiger partial charge < -0.3 is 20.6 Å². The average Bonchev–Trinajstić information content (AvgIpc) is 2.41. The number of nitrogens with one attached hydrogen (secondary N) is 2. The molecule has 7 nitrogen and oxygen atoms in total. The number of hydrogen-bond acceptors (Lipinski definition) is 3. The zero-order valence-corrected chi connectivity index (χ0v) is 11.4. The Morgan fingerprint density at radius 1 is 1.35 bits per heavy atom. The van der Waals surface area contributed by atoms with Crippen LogP contribution in [-0.4, -0.2) is 53.6 Å². The van der Waals surface area contributed by atoms with Crippen LogP contribution in [0.25, 0.3) is 0 Å². The van der Waals surface area contributed by atoms with Crippen LogP contribution in [0.15, 0.2) is 0 Å². The maximum absolute atomic E-state index is 12.1. The number of rotatable bonds is 3. The molecule has 2 unspecified atom stereocenters. The molecule has 0 aromatic carbocycles. The maximum Gasteiger partial charge on any atom is 0.318 e. The second kappa shape index (κ2) is 6.58. The Kier molecular flexibility index (Phi) is 4.81. The first-order chi connectivity index (χ1) is 9.56. The molecule has 2 fully saturated rings. The topological polar surface area (TPSA) is 98.7 Å². The summed E-state index contributed by atoms with van der Waals surface area (Å²) < 4.78 is 0. The number of likely N-dealkylation sites (tertiary alicyclic amines) is 1. The molecule has 7 heteroatoms. The lowest BCUT2D eigenvalue weighted by Crippen LogP contribution is -2.55. The van der Waals surface area contributed by atoms with Crippen LogP contribution in [0.2, 0.25) is 0 Å². The predicted molar refractivity (Wildman–Crippen MR) is 71.1 cm³/mol. The van der Waals surface area contributed by atoms with Gasteiger partial charge in [0.2, 0.25) is 5.91 Å². The lowest BCUT2D eigenvalue weighted by atomic mass is 9.95. The monoisotopic (exact) mass is 283 g/mol. The summed E-state index contributed by atoms with van der Waals surface area (Å²) in [7, 11) is 0. The van der Waals surface area contributed by atoms with Crippen molar-refractivity contribution < 1.29 is 19.5 Å². The molecule has 3 amide bonds. The number of carbonyl (C=O) groups is 3. The van der Waals surface area contributed by atoms with Gasteiger partial charge in [-0.2, -0.15) is 0 Å². The second-order valence-corrected chi connectivity index (χ2v) is 5.49. The van der Waals surface area contributed by atoms with E-state index in [0.717, 1.165) is 19.3 Å². The largest absolute Gasteiger partial charge is 0.481 e. The number of amides is 3. The van der Waals surface area contributed by atoms with E-state index in [2.05, 4.69) is 10.6 Å². The van der Waals surface area contributed by atoms with Gasteiger partial charge in [0.1, 0.15) is 6.04 Å². The van der Waals surface area contributed by atoms with E-state index < -0.39 is 12.0 Å². The molecule has 2 atom stereocenters. The van der Waals surface area contributed by atoms with E-state index in [0.29, 0.717) is 26.1 Å². The smallest absolute Gasteiger partial charge is 0.318 e. The predicted octanol–water partition coefficient (Wildman–Crippen LogP) is 0.161. The maximum atomic E-state index is 12.1. The Balaban J connectivity index is 1.85. The van der Waals surface area contributed by atoms with Crippen molar-refractivity contribution in [1.82, 2.24) is 15.5 Å². The minimum absolute atomic E-state index is 0.00665. The average molecular weight is 283 g/mol. The molecule has 2 aliphatic heterocycles. The van der Waals surface area contributed by atoms with Crippen molar-refractivity contribution in [2.75, 3.05) is 19.6 Å². The molecule has 3 N–H and O–H groups in total. The van der Waals surface area contributed by atoms with Crippen molar-refractivity contribution in [1.29, 1.82) is 0 Å². The Hall–Kier alpha value is -1.79. The fourth-order valence-corrected chi connectivity index (χ4v) is 2.81. The molecule has 20 heavy (non-hydrogen) atoms. The normalized spacial score (nSPS) is 26.8. The first kappa shape index (κ1) is 14.6. The van der Waals surface area contributed by atoms with Crippen molar-refractivity contribution in [3.8, 4) is 0 Å². The summed E-state index contributed by atoms with van der Waals surface area (Å²) in [6.07, 6.45) is 3.25. The molecule has 0 aromatic heterocycles. The Morgan fingerprint density at radius 3 is 2.85 bits per heavy atom. The number of urea groups is 1. The zero-order chi connectivity index (χ0) is 14.5. The van der Waals surface area contributed by atoms with Gasteiger partial charge in [-0.3, -0.25) is 9.59 Å². The zero-order valence-electron chi connectivity index (χ0n) is 11.4. The van der Waals surface area contributed by atoms with E-state index in [-0.39, 0.29) is 24.3 Å². The SMILES string of the molecule is O=C(O)CC1CCCN(C(=O)NC2CCCNC2=O)C1. The summed E-state index contributed by atoms with van der Waals surface area (Å²) in [6, 6.07) is -0.724. The summed E-state index contributed by atoms with van der Waals surface area (Å²) in [5, 5.41) is 14.3. The quantitative estimate of drug-likeness (QED) is 0.687. The van der Waals surface area contributed by atoms with Crippen LogP contribution in [0.1, 0.15) is 32.1 Å². The van der Waals surface area contributed by atoms with Crippen LogP contribution >= 0.6 is 0 Å². The molecule has 0 aromatic rings. The van der Waals surface area contributed by atoms with Crippen LogP contribution < -0.4 is 10.6 Å². The minimum Gasteiger partial charge on any atom is -0.481 e. The highest BCUT2D eigenvalue weighted by molar-refractivity contribution is 5.87. The molecule has 2 rings (SSSR count). The number of nitrogens with zero attached hydrogens (tertiary/aromatic N) is 1. The van der Waals surface area contributed by atoms with Gasteiger partial charge in [-0.25, -0.2) is 4.79 Å². The van der Waals surface area contributed by atoms with Gasteiger partial charge in [0.05, 0.1) is 0 Å². The van der Waals surface area contributed by atoms with Crippen LogP contribution in [0.4, 0.5) is 4.79 Å². The van der Waals surface area contributed by atoms with Gasteiger partial charge in [-0.05, 0) is 31.6 Å². The number of piperidine rings is 2. The molecule has 112 valence electrons. The van der Waals surface area contributed by atoms with E-state index in [1.807, 2.05) is 0 Å². The van der Waals surface area contributed by atoms with E-state index in [4.69, 9.17) is 5.11 Å². The van der Waals surface area contributed by atoms with Crippen LogP contribution in [0.5, 0.6) is 0 Å². The standard InChI is InChI=1S/C13H21N3O4/c17-11(18)7-9-3-2-6-16(8-9)13(20)15-10-4-1-5-14-12(10)19/h9-10H,1-8H2,(H,14,19)(H,15,20)(H,17,18). The fraction of sp³-hybridized carbons (Fsp3) is 0.769. The van der Waals surface area contributed by atoms with Gasteiger partial charge in [0.25, 0.3) is 0 Å². The summed E-state index contributed by atoms with van der Waals surface area (Å²) in [4.78, 5) is 36.1. The Morgan fingerprint density at radius 2 is 2.15 bits per heavy atom. The highest BCUT2D eigenvalue weighted by atomic mass is 16.4. The lowest BCUT2D eigenvalue weighted by Gasteiger charge is -2.33. The van der Waals surface area contributed by atoms with E-state index in [9.17, 15) is 14.4 Å². The van der Waals surface area contributed by atoms with Gasteiger partial charge in [-0.15, -0.1) is 0 Å². The third-order valence-electron chi connectivity index (χ3n) is 3.85. The third kappa shape index (κ3) is 3.85. The summed E-state index contributed by atoms with van der Waals surface area (Å²) in [5.74, 6) is -0.959. The number of carboxylic acids is 1. The van der Waals surface area contributed by atoms with Crippen LogP contribution in [-0.2, 0) is 9.59 Å². The van der Waals surface area contributed by atoms with Gasteiger partial charge in [-0.1, -0.05) is 0 Å². The van der Waals surface area contributed by atoms with Gasteiger partial charge >= 0.3 is 12.0 Å². The second-order valence-electron chi connectivity index (χ2n) is 5.49.